The molecule has 2 N–H and O–H groups in total. The van der Waals surface area contributed by atoms with Gasteiger partial charge in [0, 0.05) is 19.6 Å². The highest BCUT2D eigenvalue weighted by atomic mass is 19.1. The zero-order valence-corrected chi connectivity index (χ0v) is 12.6. The topological polar surface area (TPSA) is 52.6 Å². The van der Waals surface area contributed by atoms with Crippen molar-refractivity contribution < 1.29 is 14.3 Å². The number of carbonyl (C=O) groups excluding carboxylic acids is 1. The normalized spacial score (nSPS) is 16.6. The number of amides is 1. The first-order chi connectivity index (χ1) is 9.97. The van der Waals surface area contributed by atoms with Crippen LogP contribution in [-0.2, 0) is 4.79 Å². The van der Waals surface area contributed by atoms with Gasteiger partial charge in [-0.25, -0.2) is 4.39 Å². The van der Waals surface area contributed by atoms with Crippen molar-refractivity contribution in [3.63, 3.8) is 0 Å². The summed E-state index contributed by atoms with van der Waals surface area (Å²) in [5.41, 5.74) is 0.629. The Bertz CT molecular complexity index is 472. The third-order valence-corrected chi connectivity index (χ3v) is 3.68. The second-order valence-electron chi connectivity index (χ2n) is 6.06. The van der Waals surface area contributed by atoms with Crippen LogP contribution in [0, 0.1) is 17.7 Å². The van der Waals surface area contributed by atoms with Crippen LogP contribution >= 0.6 is 0 Å². The van der Waals surface area contributed by atoms with Crippen molar-refractivity contribution >= 4 is 5.91 Å². The van der Waals surface area contributed by atoms with Gasteiger partial charge in [0.15, 0.2) is 0 Å². The maximum absolute atomic E-state index is 12.9. The predicted molar refractivity (Wildman–Crippen MR) is 79.1 cm³/mol. The van der Waals surface area contributed by atoms with Crippen LogP contribution in [0.15, 0.2) is 24.3 Å². The Kier molecular flexibility index (Phi) is 5.31. The van der Waals surface area contributed by atoms with Gasteiger partial charge in [0.25, 0.3) is 0 Å². The number of hydrogen-bond acceptors (Lipinski definition) is 3. The number of hydrogen-bond donors (Lipinski definition) is 2. The van der Waals surface area contributed by atoms with E-state index in [9.17, 15) is 14.3 Å². The second kappa shape index (κ2) is 7.00. The van der Waals surface area contributed by atoms with Crippen molar-refractivity contribution in [3.8, 4) is 0 Å². The number of rotatable bonds is 6. The van der Waals surface area contributed by atoms with Crippen LogP contribution in [0.25, 0.3) is 0 Å². The van der Waals surface area contributed by atoms with Gasteiger partial charge in [-0.1, -0.05) is 26.0 Å². The summed E-state index contributed by atoms with van der Waals surface area (Å²) in [5.74, 6) is 0.108. The summed E-state index contributed by atoms with van der Waals surface area (Å²) in [5, 5.41) is 13.4. The third-order valence-electron chi connectivity index (χ3n) is 3.68. The number of halogens is 1. The van der Waals surface area contributed by atoms with Crippen LogP contribution in [0.3, 0.4) is 0 Å². The summed E-state index contributed by atoms with van der Waals surface area (Å²) < 4.78 is 12.9. The Balaban J connectivity index is 2.02. The summed E-state index contributed by atoms with van der Waals surface area (Å²) >= 11 is 0. The number of nitrogens with zero attached hydrogens (tertiary/aromatic N) is 1. The minimum Gasteiger partial charge on any atom is -0.387 e. The average Bonchev–Trinajstić information content (AvgIpc) is 2.36. The molecule has 0 spiro atoms. The molecule has 1 aromatic rings. The van der Waals surface area contributed by atoms with Gasteiger partial charge in [-0.05, 0) is 23.6 Å². The van der Waals surface area contributed by atoms with E-state index in [-0.39, 0.29) is 24.2 Å². The summed E-state index contributed by atoms with van der Waals surface area (Å²) in [7, 11) is 0. The van der Waals surface area contributed by atoms with E-state index >= 15 is 0 Å². The fourth-order valence-electron chi connectivity index (χ4n) is 2.42. The van der Waals surface area contributed by atoms with Crippen LogP contribution in [0.5, 0.6) is 0 Å². The molecule has 1 aliphatic heterocycles. The Labute approximate surface area is 125 Å². The fourth-order valence-corrected chi connectivity index (χ4v) is 2.42. The lowest BCUT2D eigenvalue weighted by molar-refractivity contribution is -0.139. The first-order valence-electron chi connectivity index (χ1n) is 7.40. The van der Waals surface area contributed by atoms with Crippen LogP contribution in [0.2, 0.25) is 0 Å². The number of aliphatic hydroxyl groups is 1. The largest absolute Gasteiger partial charge is 0.387 e. The van der Waals surface area contributed by atoms with Gasteiger partial charge in [0.2, 0.25) is 5.91 Å². The highest BCUT2D eigenvalue weighted by Crippen LogP contribution is 2.18. The van der Waals surface area contributed by atoms with E-state index in [4.69, 9.17) is 0 Å². The number of carbonyl (C=O) groups is 1. The lowest BCUT2D eigenvalue weighted by Gasteiger charge is -2.34. The Morgan fingerprint density at radius 3 is 2.43 bits per heavy atom. The molecule has 1 fully saturated rings. The minimum absolute atomic E-state index is 0.0177. The SMILES string of the molecule is CC(C)CN(CC(O)c1ccc(F)cc1)C(=O)C1CNC1. The van der Waals surface area contributed by atoms with Gasteiger partial charge in [-0.15, -0.1) is 0 Å². The summed E-state index contributed by atoms with van der Waals surface area (Å²) in [6.07, 6.45) is -0.790. The fraction of sp³-hybridized carbons (Fsp3) is 0.562. The molecule has 0 saturated carbocycles. The monoisotopic (exact) mass is 294 g/mol. The number of benzene rings is 1. The Hall–Kier alpha value is -1.46. The smallest absolute Gasteiger partial charge is 0.228 e. The Morgan fingerprint density at radius 2 is 1.95 bits per heavy atom. The van der Waals surface area contributed by atoms with Gasteiger partial charge < -0.3 is 15.3 Å². The van der Waals surface area contributed by atoms with Crippen LogP contribution in [0.4, 0.5) is 4.39 Å². The maximum Gasteiger partial charge on any atom is 0.228 e. The molecule has 5 heteroatoms. The number of nitrogens with one attached hydrogen (secondary N) is 1. The van der Waals surface area contributed by atoms with Crippen molar-refractivity contribution in [1.29, 1.82) is 0 Å². The first-order valence-corrected chi connectivity index (χ1v) is 7.40. The van der Waals surface area contributed by atoms with E-state index in [2.05, 4.69) is 5.32 Å². The van der Waals surface area contributed by atoms with E-state index < -0.39 is 6.10 Å². The molecule has 1 atom stereocenters. The molecule has 1 aromatic carbocycles. The third kappa shape index (κ3) is 4.25. The van der Waals surface area contributed by atoms with Crippen molar-refractivity contribution in [2.24, 2.45) is 11.8 Å². The molecular weight excluding hydrogens is 271 g/mol. The molecule has 116 valence electrons. The van der Waals surface area contributed by atoms with E-state index in [1.807, 2.05) is 13.8 Å². The van der Waals surface area contributed by atoms with Gasteiger partial charge in [0.1, 0.15) is 5.82 Å². The maximum atomic E-state index is 12.9. The van der Waals surface area contributed by atoms with Crippen LogP contribution in [0.1, 0.15) is 25.5 Å². The molecule has 1 heterocycles. The highest BCUT2D eigenvalue weighted by molar-refractivity contribution is 5.80. The molecule has 21 heavy (non-hydrogen) atoms. The quantitative estimate of drug-likeness (QED) is 0.837. The molecule has 0 aliphatic carbocycles. The van der Waals surface area contributed by atoms with Crippen molar-refractivity contribution in [2.45, 2.75) is 20.0 Å². The van der Waals surface area contributed by atoms with Crippen LogP contribution in [-0.4, -0.2) is 42.1 Å². The second-order valence-corrected chi connectivity index (χ2v) is 6.06. The average molecular weight is 294 g/mol. The zero-order valence-electron chi connectivity index (χ0n) is 12.6. The van der Waals surface area contributed by atoms with Gasteiger partial charge >= 0.3 is 0 Å². The number of aliphatic hydroxyl groups excluding tert-OH is 1. The molecule has 0 bridgehead atoms. The van der Waals surface area contributed by atoms with Gasteiger partial charge in [-0.2, -0.15) is 0 Å². The molecule has 0 aromatic heterocycles. The highest BCUT2D eigenvalue weighted by Gasteiger charge is 2.30. The van der Waals surface area contributed by atoms with E-state index in [1.165, 1.54) is 12.1 Å². The molecule has 0 radical (unpaired) electrons. The van der Waals surface area contributed by atoms with Crippen molar-refractivity contribution in [3.05, 3.63) is 35.6 Å². The van der Waals surface area contributed by atoms with Crippen molar-refractivity contribution in [2.75, 3.05) is 26.2 Å². The lowest BCUT2D eigenvalue weighted by atomic mass is 10.00. The summed E-state index contributed by atoms with van der Waals surface area (Å²) in [4.78, 5) is 14.1. The Morgan fingerprint density at radius 1 is 1.33 bits per heavy atom. The standard InChI is InChI=1S/C16H23FN2O2/c1-11(2)9-19(16(21)13-7-18-8-13)10-15(20)12-3-5-14(17)6-4-12/h3-6,11,13,15,18,20H,7-10H2,1-2H3. The molecular formula is C16H23FN2O2. The van der Waals surface area contributed by atoms with E-state index in [0.717, 1.165) is 0 Å². The lowest BCUT2D eigenvalue weighted by Crippen LogP contribution is -2.53. The minimum atomic E-state index is -0.790. The molecule has 4 nitrogen and oxygen atoms in total. The molecule has 1 saturated heterocycles. The van der Waals surface area contributed by atoms with E-state index in [1.54, 1.807) is 17.0 Å². The van der Waals surface area contributed by atoms with E-state index in [0.29, 0.717) is 31.1 Å². The zero-order chi connectivity index (χ0) is 15.4. The van der Waals surface area contributed by atoms with Gasteiger partial charge in [-0.3, -0.25) is 4.79 Å². The van der Waals surface area contributed by atoms with Crippen molar-refractivity contribution in [1.82, 2.24) is 10.2 Å². The van der Waals surface area contributed by atoms with Crippen LogP contribution < -0.4 is 5.32 Å². The molecule has 1 amide bonds. The van der Waals surface area contributed by atoms with Gasteiger partial charge in [0.05, 0.1) is 18.6 Å². The first kappa shape index (κ1) is 15.9. The summed E-state index contributed by atoms with van der Waals surface area (Å²) in [6.45, 7) is 6.38. The molecule has 1 aliphatic rings. The molecule has 2 rings (SSSR count). The predicted octanol–water partition coefficient (Wildman–Crippen LogP) is 1.56. The molecule has 1 unspecified atom stereocenters. The summed E-state index contributed by atoms with van der Waals surface area (Å²) in [6, 6.07) is 5.76.